The van der Waals surface area contributed by atoms with Gasteiger partial charge in [-0.05, 0) is 32.9 Å². The summed E-state index contributed by atoms with van der Waals surface area (Å²) in [7, 11) is 0. The third-order valence-electron chi connectivity index (χ3n) is 1.30. The third-order valence-corrected chi connectivity index (χ3v) is 1.30. The van der Waals surface area contributed by atoms with Gasteiger partial charge in [0.15, 0.2) is 6.29 Å². The molecule has 0 N–H and O–H groups in total. The molecule has 0 aliphatic rings. The lowest BCUT2D eigenvalue weighted by Gasteiger charge is -2.13. The van der Waals surface area contributed by atoms with Gasteiger partial charge in [0.1, 0.15) is 0 Å². The maximum absolute atomic E-state index is 5.32. The predicted octanol–water partition coefficient (Wildman–Crippen LogP) is 2.51. The van der Waals surface area contributed by atoms with Gasteiger partial charge in [0, 0.05) is 19.6 Å². The smallest absolute Gasteiger partial charge is 0.161 e. The Bertz CT molecular complexity index is 140. The summed E-state index contributed by atoms with van der Waals surface area (Å²) in [5, 5.41) is 0. The van der Waals surface area contributed by atoms with Gasteiger partial charge in [-0.3, -0.25) is 0 Å². The summed E-state index contributed by atoms with van der Waals surface area (Å²) in [6.07, 6.45) is 4.46. The van der Waals surface area contributed by atoms with Crippen molar-refractivity contribution >= 4 is 0 Å². The SMILES string of the molecule is CC=C=CCC(OCC)OCC. The molecular formula is C10H18O2. The van der Waals surface area contributed by atoms with Gasteiger partial charge in [0.2, 0.25) is 0 Å². The fourth-order valence-electron chi connectivity index (χ4n) is 0.838. The van der Waals surface area contributed by atoms with Crippen LogP contribution >= 0.6 is 0 Å². The lowest BCUT2D eigenvalue weighted by Crippen LogP contribution is -2.15. The minimum absolute atomic E-state index is 0.104. The van der Waals surface area contributed by atoms with Crippen LogP contribution in [0.15, 0.2) is 17.9 Å². The van der Waals surface area contributed by atoms with Gasteiger partial charge in [-0.25, -0.2) is 0 Å². The molecule has 0 heterocycles. The van der Waals surface area contributed by atoms with Gasteiger partial charge in [0.05, 0.1) is 0 Å². The molecule has 0 aliphatic heterocycles. The topological polar surface area (TPSA) is 18.5 Å². The first kappa shape index (κ1) is 11.4. The quantitative estimate of drug-likeness (QED) is 0.450. The lowest BCUT2D eigenvalue weighted by molar-refractivity contribution is -0.133. The molecule has 0 rings (SSSR count). The molecule has 70 valence electrons. The second-order valence-corrected chi connectivity index (χ2v) is 2.24. The molecule has 12 heavy (non-hydrogen) atoms. The predicted molar refractivity (Wildman–Crippen MR) is 50.0 cm³/mol. The molecule has 2 heteroatoms. The summed E-state index contributed by atoms with van der Waals surface area (Å²) in [6, 6.07) is 0. The van der Waals surface area contributed by atoms with Crippen molar-refractivity contribution in [3.63, 3.8) is 0 Å². The second kappa shape index (κ2) is 8.54. The van der Waals surface area contributed by atoms with E-state index in [2.05, 4.69) is 5.73 Å². The summed E-state index contributed by atoms with van der Waals surface area (Å²) in [5.41, 5.74) is 2.99. The Hall–Kier alpha value is -0.560. The molecular weight excluding hydrogens is 152 g/mol. The summed E-state index contributed by atoms with van der Waals surface area (Å²) in [6.45, 7) is 7.24. The van der Waals surface area contributed by atoms with E-state index in [0.29, 0.717) is 13.2 Å². The van der Waals surface area contributed by atoms with Crippen LogP contribution in [0.5, 0.6) is 0 Å². The first-order chi connectivity index (χ1) is 5.85. The van der Waals surface area contributed by atoms with Crippen LogP contribution in [0, 0.1) is 0 Å². The van der Waals surface area contributed by atoms with Gasteiger partial charge in [-0.1, -0.05) is 0 Å². The zero-order chi connectivity index (χ0) is 9.23. The van der Waals surface area contributed by atoms with Crippen molar-refractivity contribution in [1.82, 2.24) is 0 Å². The van der Waals surface area contributed by atoms with Crippen LogP contribution in [0.3, 0.4) is 0 Å². The van der Waals surface area contributed by atoms with Crippen molar-refractivity contribution in [3.8, 4) is 0 Å². The molecule has 0 saturated heterocycles. The molecule has 0 radical (unpaired) electrons. The van der Waals surface area contributed by atoms with Gasteiger partial charge < -0.3 is 9.47 Å². The lowest BCUT2D eigenvalue weighted by atomic mass is 10.4. The Morgan fingerprint density at radius 3 is 2.25 bits per heavy atom. The molecule has 0 amide bonds. The van der Waals surface area contributed by atoms with Crippen LogP contribution in [-0.2, 0) is 9.47 Å². The molecule has 0 aliphatic carbocycles. The van der Waals surface area contributed by atoms with Crippen molar-refractivity contribution in [2.24, 2.45) is 0 Å². The third kappa shape index (κ3) is 6.17. The molecule has 0 aromatic heterocycles. The van der Waals surface area contributed by atoms with Gasteiger partial charge in [-0.2, -0.15) is 0 Å². The Kier molecular flexibility index (Phi) is 8.14. The molecule has 0 aromatic carbocycles. The molecule has 0 fully saturated rings. The fraction of sp³-hybridized carbons (Fsp3) is 0.700. The zero-order valence-electron chi connectivity index (χ0n) is 8.17. The molecule has 0 bridgehead atoms. The highest BCUT2D eigenvalue weighted by Crippen LogP contribution is 2.01. The maximum Gasteiger partial charge on any atom is 0.161 e. The minimum atomic E-state index is -0.104. The van der Waals surface area contributed by atoms with Crippen LogP contribution in [0.4, 0.5) is 0 Å². The van der Waals surface area contributed by atoms with E-state index in [1.807, 2.05) is 32.9 Å². The first-order valence-corrected chi connectivity index (χ1v) is 4.43. The van der Waals surface area contributed by atoms with Gasteiger partial charge in [-0.15, -0.1) is 5.73 Å². The van der Waals surface area contributed by atoms with E-state index in [-0.39, 0.29) is 6.29 Å². The van der Waals surface area contributed by atoms with E-state index >= 15 is 0 Å². The van der Waals surface area contributed by atoms with E-state index in [4.69, 9.17) is 9.47 Å². The first-order valence-electron chi connectivity index (χ1n) is 4.43. The second-order valence-electron chi connectivity index (χ2n) is 2.24. The van der Waals surface area contributed by atoms with E-state index in [9.17, 15) is 0 Å². The fourth-order valence-corrected chi connectivity index (χ4v) is 0.838. The van der Waals surface area contributed by atoms with Gasteiger partial charge in [0.25, 0.3) is 0 Å². The van der Waals surface area contributed by atoms with Crippen LogP contribution in [0.2, 0.25) is 0 Å². The Labute approximate surface area is 74.9 Å². The highest BCUT2D eigenvalue weighted by Gasteiger charge is 2.03. The number of hydrogen-bond acceptors (Lipinski definition) is 2. The molecule has 0 aromatic rings. The largest absolute Gasteiger partial charge is 0.353 e. The number of rotatable bonds is 6. The molecule has 0 spiro atoms. The van der Waals surface area contributed by atoms with E-state index in [0.717, 1.165) is 6.42 Å². The highest BCUT2D eigenvalue weighted by molar-refractivity contribution is 4.82. The van der Waals surface area contributed by atoms with E-state index in [1.54, 1.807) is 0 Å². The minimum Gasteiger partial charge on any atom is -0.353 e. The molecule has 0 saturated carbocycles. The van der Waals surface area contributed by atoms with Crippen molar-refractivity contribution in [3.05, 3.63) is 17.9 Å². The van der Waals surface area contributed by atoms with E-state index < -0.39 is 0 Å². The van der Waals surface area contributed by atoms with E-state index in [1.165, 1.54) is 0 Å². The molecule has 2 nitrogen and oxygen atoms in total. The normalized spacial score (nSPS) is 9.67. The summed E-state index contributed by atoms with van der Waals surface area (Å²) in [5.74, 6) is 0. The zero-order valence-corrected chi connectivity index (χ0v) is 8.17. The van der Waals surface area contributed by atoms with Crippen LogP contribution in [-0.4, -0.2) is 19.5 Å². The summed E-state index contributed by atoms with van der Waals surface area (Å²) in [4.78, 5) is 0. The van der Waals surface area contributed by atoms with Crippen molar-refractivity contribution < 1.29 is 9.47 Å². The Morgan fingerprint density at radius 2 is 1.83 bits per heavy atom. The highest BCUT2D eigenvalue weighted by atomic mass is 16.7. The van der Waals surface area contributed by atoms with Crippen molar-refractivity contribution in [2.75, 3.05) is 13.2 Å². The molecule has 0 atom stereocenters. The van der Waals surface area contributed by atoms with Crippen LogP contribution in [0.25, 0.3) is 0 Å². The monoisotopic (exact) mass is 170 g/mol. The number of ether oxygens (including phenoxy) is 2. The van der Waals surface area contributed by atoms with Crippen molar-refractivity contribution in [1.29, 1.82) is 0 Å². The average molecular weight is 170 g/mol. The molecule has 0 unspecified atom stereocenters. The average Bonchev–Trinajstić information content (AvgIpc) is 2.06. The van der Waals surface area contributed by atoms with Crippen molar-refractivity contribution in [2.45, 2.75) is 33.5 Å². The summed E-state index contributed by atoms with van der Waals surface area (Å²) >= 11 is 0. The standard InChI is InChI=1S/C10H18O2/c1-4-7-8-9-10(11-5-2)12-6-3/h4,8,10H,5-6,9H2,1-3H3. The Morgan fingerprint density at radius 1 is 1.25 bits per heavy atom. The maximum atomic E-state index is 5.32. The van der Waals surface area contributed by atoms with Crippen LogP contribution in [0.1, 0.15) is 27.2 Å². The number of hydrogen-bond donors (Lipinski definition) is 0. The summed E-state index contributed by atoms with van der Waals surface area (Å²) < 4.78 is 10.6. The van der Waals surface area contributed by atoms with Gasteiger partial charge >= 0.3 is 0 Å². The Balaban J connectivity index is 3.69. The van der Waals surface area contributed by atoms with Crippen LogP contribution < -0.4 is 0 Å².